The van der Waals surface area contributed by atoms with E-state index in [0.29, 0.717) is 16.6 Å². The van der Waals surface area contributed by atoms with Crippen LogP contribution in [-0.4, -0.2) is 4.98 Å². The first-order valence-electron chi connectivity index (χ1n) is 4.86. The van der Waals surface area contributed by atoms with Gasteiger partial charge in [0.1, 0.15) is 5.82 Å². The molecular weight excluding hydrogens is 327 g/mol. The zero-order chi connectivity index (χ0) is 12.4. The molecule has 1 N–H and O–H groups in total. The van der Waals surface area contributed by atoms with Crippen molar-refractivity contribution < 1.29 is 4.39 Å². The van der Waals surface area contributed by atoms with Crippen LogP contribution in [0.3, 0.4) is 0 Å². The minimum Gasteiger partial charge on any atom is -0.379 e. The molecule has 0 atom stereocenters. The molecule has 6 heteroatoms. The molecule has 1 heterocycles. The molecule has 0 spiro atoms. The van der Waals surface area contributed by atoms with Gasteiger partial charge in [-0.3, -0.25) is 0 Å². The lowest BCUT2D eigenvalue weighted by Crippen LogP contribution is -1.99. The third-order valence-electron chi connectivity index (χ3n) is 2.23. The Morgan fingerprint density at radius 2 is 2.29 bits per heavy atom. The van der Waals surface area contributed by atoms with Gasteiger partial charge in [0, 0.05) is 15.5 Å². The van der Waals surface area contributed by atoms with Crippen molar-refractivity contribution in [3.8, 4) is 0 Å². The van der Waals surface area contributed by atoms with E-state index in [0.717, 1.165) is 15.0 Å². The predicted octanol–water partition coefficient (Wildman–Crippen LogP) is 4.62. The van der Waals surface area contributed by atoms with Gasteiger partial charge in [0.25, 0.3) is 0 Å². The normalized spacial score (nSPS) is 10.6. The van der Waals surface area contributed by atoms with Crippen molar-refractivity contribution in [2.45, 2.75) is 13.5 Å². The third-order valence-corrected chi connectivity index (χ3v) is 4.00. The fraction of sp³-hybridized carbons (Fsp3) is 0.182. The zero-order valence-corrected chi connectivity index (χ0v) is 12.1. The Kier molecular flexibility index (Phi) is 4.01. The monoisotopic (exact) mass is 334 g/mol. The van der Waals surface area contributed by atoms with Crippen LogP contribution in [0.15, 0.2) is 22.8 Å². The number of halogens is 3. The first kappa shape index (κ1) is 12.8. The summed E-state index contributed by atoms with van der Waals surface area (Å²) in [6.07, 6.45) is 1.71. The first-order chi connectivity index (χ1) is 8.06. The van der Waals surface area contributed by atoms with E-state index in [9.17, 15) is 4.39 Å². The van der Waals surface area contributed by atoms with Gasteiger partial charge in [0.05, 0.1) is 12.2 Å². The van der Waals surface area contributed by atoms with Gasteiger partial charge >= 0.3 is 0 Å². The van der Waals surface area contributed by atoms with Crippen LogP contribution in [0, 0.1) is 12.7 Å². The Balaban J connectivity index is 2.11. The maximum absolute atomic E-state index is 13.4. The molecule has 0 aliphatic heterocycles. The average Bonchev–Trinajstić information content (AvgIpc) is 2.68. The second-order valence-electron chi connectivity index (χ2n) is 3.51. The largest absolute Gasteiger partial charge is 0.379 e. The summed E-state index contributed by atoms with van der Waals surface area (Å²) in [5.41, 5.74) is 1.33. The molecule has 0 radical (unpaired) electrons. The van der Waals surface area contributed by atoms with Gasteiger partial charge in [-0.2, -0.15) is 0 Å². The van der Waals surface area contributed by atoms with Crippen molar-refractivity contribution in [3.05, 3.63) is 43.5 Å². The summed E-state index contributed by atoms with van der Waals surface area (Å²) in [4.78, 5) is 4.94. The minimum absolute atomic E-state index is 0.224. The predicted molar refractivity (Wildman–Crippen MR) is 73.3 cm³/mol. The van der Waals surface area contributed by atoms with Crippen LogP contribution < -0.4 is 5.32 Å². The molecule has 17 heavy (non-hydrogen) atoms. The number of nitrogens with one attached hydrogen (secondary N) is 1. The summed E-state index contributed by atoms with van der Waals surface area (Å²) >= 11 is 10.5. The molecule has 2 aromatic rings. The molecule has 0 unspecified atom stereocenters. The molecule has 0 bridgehead atoms. The Morgan fingerprint density at radius 1 is 1.53 bits per heavy atom. The number of thiazole rings is 1. The summed E-state index contributed by atoms with van der Waals surface area (Å²) in [6.45, 7) is 2.30. The van der Waals surface area contributed by atoms with Crippen molar-refractivity contribution >= 4 is 44.6 Å². The van der Waals surface area contributed by atoms with Crippen LogP contribution in [0.4, 0.5) is 10.1 Å². The quantitative estimate of drug-likeness (QED) is 0.885. The SMILES string of the molecule is Cc1cc(Br)c(NCc2cnc(Cl)s2)cc1F. The number of hydrogen-bond donors (Lipinski definition) is 1. The first-order valence-corrected chi connectivity index (χ1v) is 6.84. The van der Waals surface area contributed by atoms with E-state index in [1.807, 2.05) is 0 Å². The van der Waals surface area contributed by atoms with Gasteiger partial charge in [-0.15, -0.1) is 11.3 Å². The van der Waals surface area contributed by atoms with Crippen LogP contribution in [0.2, 0.25) is 4.47 Å². The van der Waals surface area contributed by atoms with Crippen LogP contribution in [0.1, 0.15) is 10.4 Å². The number of benzene rings is 1. The zero-order valence-electron chi connectivity index (χ0n) is 8.93. The summed E-state index contributed by atoms with van der Waals surface area (Å²) in [5, 5.41) is 3.14. The van der Waals surface area contributed by atoms with Crippen molar-refractivity contribution in [2.24, 2.45) is 0 Å². The smallest absolute Gasteiger partial charge is 0.183 e. The van der Waals surface area contributed by atoms with E-state index in [1.165, 1.54) is 17.4 Å². The van der Waals surface area contributed by atoms with Gasteiger partial charge in [-0.25, -0.2) is 9.37 Å². The topological polar surface area (TPSA) is 24.9 Å². The number of rotatable bonds is 3. The maximum Gasteiger partial charge on any atom is 0.183 e. The standard InChI is InChI=1S/C11H9BrClFN2S/c1-6-2-8(12)10(3-9(6)14)15-4-7-5-16-11(13)17-7/h2-3,5,15H,4H2,1H3. The molecule has 0 aliphatic carbocycles. The minimum atomic E-state index is -0.224. The Hall–Kier alpha value is -0.650. The third kappa shape index (κ3) is 3.18. The molecule has 0 saturated heterocycles. The van der Waals surface area contributed by atoms with Crippen molar-refractivity contribution in [1.29, 1.82) is 0 Å². The van der Waals surface area contributed by atoms with Crippen molar-refractivity contribution in [2.75, 3.05) is 5.32 Å². The van der Waals surface area contributed by atoms with Crippen LogP contribution in [0.5, 0.6) is 0 Å². The lowest BCUT2D eigenvalue weighted by Gasteiger charge is -2.08. The van der Waals surface area contributed by atoms with Gasteiger partial charge in [-0.05, 0) is 40.5 Å². The molecule has 0 fully saturated rings. The highest BCUT2D eigenvalue weighted by Crippen LogP contribution is 2.27. The maximum atomic E-state index is 13.4. The Labute approximate surface area is 116 Å². The number of aryl methyl sites for hydroxylation is 1. The molecule has 0 aliphatic rings. The van der Waals surface area contributed by atoms with Gasteiger partial charge in [0.2, 0.25) is 0 Å². The van der Waals surface area contributed by atoms with E-state index in [-0.39, 0.29) is 5.82 Å². The second-order valence-corrected chi connectivity index (χ2v) is 6.07. The summed E-state index contributed by atoms with van der Waals surface area (Å²) in [6, 6.07) is 3.22. The molecule has 1 aromatic carbocycles. The molecule has 90 valence electrons. The van der Waals surface area contributed by atoms with E-state index < -0.39 is 0 Å². The number of aromatic nitrogens is 1. The summed E-state index contributed by atoms with van der Waals surface area (Å²) < 4.78 is 14.7. The van der Waals surface area contributed by atoms with Gasteiger partial charge in [0.15, 0.2) is 4.47 Å². The fourth-order valence-corrected chi connectivity index (χ4v) is 2.85. The van der Waals surface area contributed by atoms with E-state index in [1.54, 1.807) is 19.2 Å². The molecule has 0 amide bonds. The number of anilines is 1. The lowest BCUT2D eigenvalue weighted by molar-refractivity contribution is 0.618. The van der Waals surface area contributed by atoms with Gasteiger partial charge < -0.3 is 5.32 Å². The molecule has 0 saturated carbocycles. The average molecular weight is 336 g/mol. The molecule has 2 nitrogen and oxygen atoms in total. The fourth-order valence-electron chi connectivity index (χ4n) is 1.33. The van der Waals surface area contributed by atoms with Crippen LogP contribution >= 0.6 is 38.9 Å². The highest BCUT2D eigenvalue weighted by Gasteiger charge is 2.06. The molecule has 2 rings (SSSR count). The van der Waals surface area contributed by atoms with E-state index in [2.05, 4.69) is 26.2 Å². The van der Waals surface area contributed by atoms with E-state index >= 15 is 0 Å². The lowest BCUT2D eigenvalue weighted by atomic mass is 10.2. The van der Waals surface area contributed by atoms with Crippen LogP contribution in [0.25, 0.3) is 0 Å². The summed E-state index contributed by atoms with van der Waals surface area (Å²) in [5.74, 6) is -0.224. The molecule has 1 aromatic heterocycles. The van der Waals surface area contributed by atoms with Crippen molar-refractivity contribution in [3.63, 3.8) is 0 Å². The van der Waals surface area contributed by atoms with Gasteiger partial charge in [-0.1, -0.05) is 11.6 Å². The Bertz CT molecular complexity index is 544. The highest BCUT2D eigenvalue weighted by molar-refractivity contribution is 9.10. The van der Waals surface area contributed by atoms with E-state index in [4.69, 9.17) is 11.6 Å². The summed E-state index contributed by atoms with van der Waals surface area (Å²) in [7, 11) is 0. The van der Waals surface area contributed by atoms with Crippen molar-refractivity contribution in [1.82, 2.24) is 4.98 Å². The highest BCUT2D eigenvalue weighted by atomic mass is 79.9. The molecular formula is C11H9BrClFN2S. The Morgan fingerprint density at radius 3 is 2.94 bits per heavy atom. The van der Waals surface area contributed by atoms with Crippen LogP contribution in [-0.2, 0) is 6.54 Å². The second kappa shape index (κ2) is 5.33. The number of nitrogens with zero attached hydrogens (tertiary/aromatic N) is 1. The number of hydrogen-bond acceptors (Lipinski definition) is 3.